The molecule has 0 radical (unpaired) electrons. The maximum absolute atomic E-state index is 13.6. The molecule has 5 aromatic rings. The topological polar surface area (TPSA) is 110 Å². The van der Waals surface area contributed by atoms with Crippen LogP contribution in [0.3, 0.4) is 0 Å². The van der Waals surface area contributed by atoms with Crippen LogP contribution in [0.4, 0.5) is 4.39 Å². The number of para-hydroxylation sites is 1. The van der Waals surface area contributed by atoms with E-state index in [0.717, 1.165) is 10.3 Å². The molecule has 0 aliphatic heterocycles. The van der Waals surface area contributed by atoms with Crippen LogP contribution in [0.5, 0.6) is 11.6 Å². The van der Waals surface area contributed by atoms with Gasteiger partial charge in [-0.15, -0.1) is 0 Å². The molecule has 8 nitrogen and oxygen atoms in total. The van der Waals surface area contributed by atoms with Crippen molar-refractivity contribution in [3.05, 3.63) is 135 Å². The average molecular weight is 561 g/mol. The summed E-state index contributed by atoms with van der Waals surface area (Å²) in [5.74, 6) is -0.922. The number of rotatable bonds is 8. The molecule has 0 atom stereocenters. The van der Waals surface area contributed by atoms with Gasteiger partial charge in [-0.1, -0.05) is 30.3 Å². The molecule has 0 aliphatic rings. The van der Waals surface area contributed by atoms with E-state index in [0.29, 0.717) is 28.1 Å². The number of hydrogen-bond acceptors (Lipinski definition) is 6. The normalized spacial score (nSPS) is 11.0. The van der Waals surface area contributed by atoms with Gasteiger partial charge in [-0.3, -0.25) is 14.2 Å². The zero-order valence-electron chi connectivity index (χ0n) is 22.8. The van der Waals surface area contributed by atoms with E-state index in [2.05, 4.69) is 5.10 Å². The van der Waals surface area contributed by atoms with Crippen LogP contribution in [0.25, 0.3) is 23.0 Å². The van der Waals surface area contributed by atoms with E-state index in [1.54, 1.807) is 47.3 Å². The van der Waals surface area contributed by atoms with Crippen LogP contribution in [0, 0.1) is 24.1 Å². The van der Waals surface area contributed by atoms with E-state index in [9.17, 15) is 24.3 Å². The number of nitrogens with zero attached hydrogens (tertiary/aromatic N) is 4. The Morgan fingerprint density at radius 2 is 1.76 bits per heavy atom. The van der Waals surface area contributed by atoms with Crippen molar-refractivity contribution in [1.29, 1.82) is 5.26 Å². The first-order valence-electron chi connectivity index (χ1n) is 12.9. The summed E-state index contributed by atoms with van der Waals surface area (Å²) in [4.78, 5) is 26.6. The Hall–Kier alpha value is -5.75. The Balaban J connectivity index is 1.56. The number of aromatic nitrogens is 3. The fourth-order valence-electron chi connectivity index (χ4n) is 4.61. The lowest BCUT2D eigenvalue weighted by atomic mass is 10.00. The Kier molecular flexibility index (Phi) is 7.80. The number of aromatic hydroxyl groups is 1. The number of carbonyl (C=O) groups is 1. The summed E-state index contributed by atoms with van der Waals surface area (Å²) in [6.07, 6.45) is 4.53. The second-order valence-corrected chi connectivity index (χ2v) is 9.47. The zero-order valence-corrected chi connectivity index (χ0v) is 22.8. The van der Waals surface area contributed by atoms with Gasteiger partial charge in [0.1, 0.15) is 23.2 Å². The van der Waals surface area contributed by atoms with Crippen molar-refractivity contribution in [3.8, 4) is 34.6 Å². The van der Waals surface area contributed by atoms with Crippen molar-refractivity contribution < 1.29 is 19.0 Å². The lowest BCUT2D eigenvalue weighted by Crippen LogP contribution is -2.26. The second-order valence-electron chi connectivity index (χ2n) is 9.47. The fourth-order valence-corrected chi connectivity index (χ4v) is 4.61. The molecule has 1 N–H and O–H groups in total. The number of methoxy groups -OCH3 is 1. The Morgan fingerprint density at radius 1 is 1.07 bits per heavy atom. The molecule has 208 valence electrons. The maximum atomic E-state index is 13.6. The van der Waals surface area contributed by atoms with E-state index < -0.39 is 23.0 Å². The summed E-state index contributed by atoms with van der Waals surface area (Å²) in [6, 6.07) is 23.9. The quantitative estimate of drug-likeness (QED) is 0.193. The summed E-state index contributed by atoms with van der Waals surface area (Å²) in [5, 5.41) is 25.5. The van der Waals surface area contributed by atoms with Crippen molar-refractivity contribution in [2.24, 2.45) is 0 Å². The Labute approximate surface area is 240 Å². The molecule has 0 bridgehead atoms. The molecule has 0 saturated carbocycles. The molecule has 2 aromatic heterocycles. The van der Waals surface area contributed by atoms with Gasteiger partial charge in [0.05, 0.1) is 30.6 Å². The smallest absolute Gasteiger partial charge is 0.271 e. The minimum atomic E-state index is -0.702. The van der Waals surface area contributed by atoms with E-state index in [1.807, 2.05) is 36.4 Å². The molecular formula is C33H25FN4O4. The summed E-state index contributed by atoms with van der Waals surface area (Å²) < 4.78 is 21.4. The molecule has 2 heterocycles. The van der Waals surface area contributed by atoms with Gasteiger partial charge in [-0.05, 0) is 78.7 Å². The molecular weight excluding hydrogens is 535 g/mol. The van der Waals surface area contributed by atoms with Crippen LogP contribution in [-0.4, -0.2) is 32.3 Å². The fraction of sp³-hybridized carbons (Fsp3) is 0.0909. The van der Waals surface area contributed by atoms with E-state index >= 15 is 0 Å². The van der Waals surface area contributed by atoms with Gasteiger partial charge >= 0.3 is 0 Å². The summed E-state index contributed by atoms with van der Waals surface area (Å²) in [6.45, 7) is 1.39. The maximum Gasteiger partial charge on any atom is 0.271 e. The Morgan fingerprint density at radius 3 is 2.40 bits per heavy atom. The minimum Gasteiger partial charge on any atom is -0.497 e. The van der Waals surface area contributed by atoms with Gasteiger partial charge in [0, 0.05) is 17.3 Å². The predicted octanol–water partition coefficient (Wildman–Crippen LogP) is 5.68. The van der Waals surface area contributed by atoms with Crippen LogP contribution >= 0.6 is 0 Å². The number of benzene rings is 3. The molecule has 9 heteroatoms. The Bertz CT molecular complexity index is 1900. The molecule has 3 aromatic carbocycles. The number of allylic oxidation sites excluding steroid dienone is 1. The summed E-state index contributed by atoms with van der Waals surface area (Å²) >= 11 is 0. The van der Waals surface area contributed by atoms with Crippen LogP contribution in [0.1, 0.15) is 32.6 Å². The van der Waals surface area contributed by atoms with Gasteiger partial charge in [-0.25, -0.2) is 9.07 Å². The number of nitriles is 1. The molecule has 0 fully saturated rings. The highest BCUT2D eigenvalue weighted by molar-refractivity contribution is 6.09. The number of ether oxygens (including phenoxy) is 1. The predicted molar refractivity (Wildman–Crippen MR) is 156 cm³/mol. The highest BCUT2D eigenvalue weighted by Gasteiger charge is 2.23. The van der Waals surface area contributed by atoms with Crippen LogP contribution in [0.15, 0.2) is 95.9 Å². The number of hydrogen-bond donors (Lipinski definition) is 1. The highest BCUT2D eigenvalue weighted by atomic mass is 19.1. The zero-order chi connectivity index (χ0) is 29.8. The van der Waals surface area contributed by atoms with Crippen molar-refractivity contribution in [1.82, 2.24) is 14.3 Å². The molecule has 0 aliphatic carbocycles. The molecule has 0 saturated heterocycles. The van der Waals surface area contributed by atoms with Gasteiger partial charge in [0.2, 0.25) is 5.88 Å². The molecule has 0 spiro atoms. The van der Waals surface area contributed by atoms with Crippen LogP contribution in [-0.2, 0) is 6.54 Å². The number of pyridine rings is 1. The van der Waals surface area contributed by atoms with E-state index in [4.69, 9.17) is 4.74 Å². The number of halogens is 1. The molecule has 0 amide bonds. The SMILES string of the molecule is COc1ccc(Cn2c(O)c(C(=O)/C=C/c3cn(-c4ccccc4)nc3-c3ccc(F)cc3)c(C)c(C#N)c2=O)cc1. The number of ketones is 1. The first kappa shape index (κ1) is 27.8. The van der Waals surface area contributed by atoms with Crippen LogP contribution < -0.4 is 10.3 Å². The average Bonchev–Trinajstić information content (AvgIpc) is 3.44. The minimum absolute atomic E-state index is 0.0633. The molecule has 0 unspecified atom stereocenters. The first-order valence-corrected chi connectivity index (χ1v) is 12.9. The van der Waals surface area contributed by atoms with Crippen LogP contribution in [0.2, 0.25) is 0 Å². The second kappa shape index (κ2) is 11.8. The van der Waals surface area contributed by atoms with Crippen molar-refractivity contribution in [2.75, 3.05) is 7.11 Å². The van der Waals surface area contributed by atoms with Gasteiger partial charge in [-0.2, -0.15) is 10.4 Å². The largest absolute Gasteiger partial charge is 0.497 e. The van der Waals surface area contributed by atoms with Gasteiger partial charge in [0.15, 0.2) is 5.78 Å². The van der Waals surface area contributed by atoms with Crippen molar-refractivity contribution >= 4 is 11.9 Å². The first-order chi connectivity index (χ1) is 20.3. The summed E-state index contributed by atoms with van der Waals surface area (Å²) in [7, 11) is 1.53. The van der Waals surface area contributed by atoms with E-state index in [-0.39, 0.29) is 23.2 Å². The van der Waals surface area contributed by atoms with Gasteiger partial charge < -0.3 is 9.84 Å². The van der Waals surface area contributed by atoms with Gasteiger partial charge in [0.25, 0.3) is 5.56 Å². The van der Waals surface area contributed by atoms with Crippen molar-refractivity contribution in [2.45, 2.75) is 13.5 Å². The standard InChI is InChI=1S/C33H25FN4O4/c1-21-28(18-35)32(40)37(19-22-8-15-27(42-2)16-9-22)33(41)30(21)29(39)17-12-24-20-38(26-6-4-3-5-7-26)36-31(24)23-10-13-25(34)14-11-23/h3-17,20,41H,19H2,1-2H3/b17-12+. The van der Waals surface area contributed by atoms with Crippen molar-refractivity contribution in [3.63, 3.8) is 0 Å². The third-order valence-electron chi connectivity index (χ3n) is 6.84. The summed E-state index contributed by atoms with van der Waals surface area (Å²) in [5.41, 5.74) is 2.13. The third-order valence-corrected chi connectivity index (χ3v) is 6.84. The van der Waals surface area contributed by atoms with E-state index in [1.165, 1.54) is 38.3 Å². The number of carbonyl (C=O) groups excluding carboxylic acids is 1. The molecule has 42 heavy (non-hydrogen) atoms. The lowest BCUT2D eigenvalue weighted by Gasteiger charge is -2.15. The highest BCUT2D eigenvalue weighted by Crippen LogP contribution is 2.27. The monoisotopic (exact) mass is 560 g/mol. The lowest BCUT2D eigenvalue weighted by molar-refractivity contribution is 0.104. The third kappa shape index (κ3) is 5.46. The molecule has 5 rings (SSSR count).